The summed E-state index contributed by atoms with van der Waals surface area (Å²) < 4.78 is 5.61. The molecule has 1 aromatic carbocycles. The van der Waals surface area contributed by atoms with Crippen LogP contribution in [0.15, 0.2) is 54.0 Å². The summed E-state index contributed by atoms with van der Waals surface area (Å²) in [6.07, 6.45) is 1.66. The van der Waals surface area contributed by atoms with Crippen molar-refractivity contribution in [2.45, 2.75) is 6.42 Å². The maximum absolute atomic E-state index is 12.3. The number of thiazole rings is 1. The normalized spacial score (nSPS) is 10.2. The van der Waals surface area contributed by atoms with Crippen LogP contribution in [-0.4, -0.2) is 21.8 Å². The molecule has 3 N–H and O–H groups in total. The summed E-state index contributed by atoms with van der Waals surface area (Å²) in [6, 6.07) is 12.1. The molecular formula is C17H14N4O3S. The number of ether oxygens (including phenoxy) is 1. The van der Waals surface area contributed by atoms with Crippen LogP contribution in [0.3, 0.4) is 0 Å². The Morgan fingerprint density at radius 3 is 2.84 bits per heavy atom. The van der Waals surface area contributed by atoms with Crippen molar-refractivity contribution in [2.75, 3.05) is 5.32 Å². The number of benzene rings is 1. The summed E-state index contributed by atoms with van der Waals surface area (Å²) in [6.45, 7) is 0. The number of rotatable bonds is 6. The van der Waals surface area contributed by atoms with Crippen molar-refractivity contribution < 1.29 is 14.3 Å². The SMILES string of the molecule is NC(=O)Cc1csc(NC(=O)c2cccc(Oc3ccccn3)c2)n1. The largest absolute Gasteiger partial charge is 0.439 e. The lowest BCUT2D eigenvalue weighted by Gasteiger charge is -2.06. The molecule has 0 bridgehead atoms. The molecule has 2 amide bonds. The Balaban J connectivity index is 1.69. The lowest BCUT2D eigenvalue weighted by molar-refractivity contribution is -0.117. The number of carbonyl (C=O) groups is 2. The lowest BCUT2D eigenvalue weighted by atomic mass is 10.2. The van der Waals surface area contributed by atoms with Gasteiger partial charge in [0.05, 0.1) is 12.1 Å². The Morgan fingerprint density at radius 1 is 1.20 bits per heavy atom. The number of nitrogens with one attached hydrogen (secondary N) is 1. The molecule has 0 spiro atoms. The zero-order valence-corrected chi connectivity index (χ0v) is 13.8. The zero-order valence-electron chi connectivity index (χ0n) is 13.0. The highest BCUT2D eigenvalue weighted by atomic mass is 32.1. The smallest absolute Gasteiger partial charge is 0.257 e. The first-order valence-electron chi connectivity index (χ1n) is 7.33. The number of pyridine rings is 1. The molecule has 0 fully saturated rings. The minimum absolute atomic E-state index is 0.0414. The van der Waals surface area contributed by atoms with Crippen molar-refractivity contribution >= 4 is 28.3 Å². The average molecular weight is 354 g/mol. The van der Waals surface area contributed by atoms with E-state index in [9.17, 15) is 9.59 Å². The first-order valence-corrected chi connectivity index (χ1v) is 8.21. The highest BCUT2D eigenvalue weighted by Crippen LogP contribution is 2.21. The van der Waals surface area contributed by atoms with Crippen LogP contribution in [0.1, 0.15) is 16.1 Å². The Labute approximate surface area is 147 Å². The summed E-state index contributed by atoms with van der Waals surface area (Å²) in [7, 11) is 0. The van der Waals surface area contributed by atoms with Gasteiger partial charge in [-0.1, -0.05) is 12.1 Å². The van der Waals surface area contributed by atoms with Gasteiger partial charge in [-0.25, -0.2) is 9.97 Å². The van der Waals surface area contributed by atoms with Gasteiger partial charge in [0.2, 0.25) is 11.8 Å². The third kappa shape index (κ3) is 4.61. The van der Waals surface area contributed by atoms with E-state index in [1.54, 1.807) is 48.0 Å². The van der Waals surface area contributed by atoms with Crippen molar-refractivity contribution in [3.05, 3.63) is 65.3 Å². The number of primary amides is 1. The Morgan fingerprint density at radius 2 is 2.08 bits per heavy atom. The van der Waals surface area contributed by atoms with Gasteiger partial charge < -0.3 is 10.5 Å². The predicted molar refractivity (Wildman–Crippen MR) is 93.7 cm³/mol. The second kappa shape index (κ2) is 7.54. The molecule has 2 aromatic heterocycles. The van der Waals surface area contributed by atoms with Crippen LogP contribution in [-0.2, 0) is 11.2 Å². The van der Waals surface area contributed by atoms with Crippen LogP contribution in [0.5, 0.6) is 11.6 Å². The molecule has 3 aromatic rings. The molecular weight excluding hydrogens is 340 g/mol. The van der Waals surface area contributed by atoms with E-state index in [1.165, 1.54) is 11.3 Å². The molecule has 2 heterocycles. The van der Waals surface area contributed by atoms with Gasteiger partial charge in [-0.3, -0.25) is 14.9 Å². The van der Waals surface area contributed by atoms with Crippen LogP contribution in [0.25, 0.3) is 0 Å². The van der Waals surface area contributed by atoms with Crippen LogP contribution in [0, 0.1) is 0 Å². The van der Waals surface area contributed by atoms with Crippen molar-refractivity contribution in [2.24, 2.45) is 5.73 Å². The van der Waals surface area contributed by atoms with E-state index in [-0.39, 0.29) is 12.3 Å². The molecule has 7 nitrogen and oxygen atoms in total. The highest BCUT2D eigenvalue weighted by Gasteiger charge is 2.11. The summed E-state index contributed by atoms with van der Waals surface area (Å²) in [5.41, 5.74) is 6.07. The Hall–Kier alpha value is -3.26. The van der Waals surface area contributed by atoms with Crippen LogP contribution >= 0.6 is 11.3 Å². The quantitative estimate of drug-likeness (QED) is 0.707. The minimum atomic E-state index is -0.470. The van der Waals surface area contributed by atoms with Gasteiger partial charge in [0.25, 0.3) is 5.91 Å². The zero-order chi connectivity index (χ0) is 17.6. The molecule has 0 unspecified atom stereocenters. The number of hydrogen-bond donors (Lipinski definition) is 2. The van der Waals surface area contributed by atoms with Crippen molar-refractivity contribution in [1.29, 1.82) is 0 Å². The molecule has 0 aliphatic carbocycles. The number of amides is 2. The van der Waals surface area contributed by atoms with Crippen LogP contribution in [0.2, 0.25) is 0 Å². The van der Waals surface area contributed by atoms with E-state index < -0.39 is 5.91 Å². The minimum Gasteiger partial charge on any atom is -0.439 e. The number of nitrogens with two attached hydrogens (primary N) is 1. The third-order valence-electron chi connectivity index (χ3n) is 3.08. The molecule has 25 heavy (non-hydrogen) atoms. The fourth-order valence-electron chi connectivity index (χ4n) is 2.02. The maximum Gasteiger partial charge on any atom is 0.257 e. The van der Waals surface area contributed by atoms with Gasteiger partial charge in [-0.2, -0.15) is 0 Å². The van der Waals surface area contributed by atoms with E-state index in [2.05, 4.69) is 15.3 Å². The molecule has 0 saturated carbocycles. The van der Waals surface area contributed by atoms with E-state index in [4.69, 9.17) is 10.5 Å². The first-order chi connectivity index (χ1) is 12.1. The highest BCUT2D eigenvalue weighted by molar-refractivity contribution is 7.14. The summed E-state index contributed by atoms with van der Waals surface area (Å²) >= 11 is 1.23. The van der Waals surface area contributed by atoms with Gasteiger partial charge >= 0.3 is 0 Å². The molecule has 126 valence electrons. The molecule has 0 radical (unpaired) electrons. The summed E-state index contributed by atoms with van der Waals surface area (Å²) in [5, 5.41) is 4.77. The van der Waals surface area contributed by atoms with E-state index in [0.717, 1.165) is 0 Å². The molecule has 0 atom stereocenters. The lowest BCUT2D eigenvalue weighted by Crippen LogP contribution is -2.14. The summed E-state index contributed by atoms with van der Waals surface area (Å²) in [5.74, 6) is 0.143. The number of anilines is 1. The van der Waals surface area contributed by atoms with E-state index in [1.807, 2.05) is 6.07 Å². The molecule has 3 rings (SSSR count). The Bertz CT molecular complexity index is 896. The maximum atomic E-state index is 12.3. The molecule has 8 heteroatoms. The molecule has 0 saturated heterocycles. The Kier molecular flexibility index (Phi) is 5.00. The first kappa shape index (κ1) is 16.6. The number of hydrogen-bond acceptors (Lipinski definition) is 6. The number of nitrogens with zero attached hydrogens (tertiary/aromatic N) is 2. The third-order valence-corrected chi connectivity index (χ3v) is 3.89. The standard InChI is InChI=1S/C17H14N4O3S/c18-14(22)9-12-10-25-17(20-12)21-16(23)11-4-3-5-13(8-11)24-15-6-1-2-7-19-15/h1-8,10H,9H2,(H2,18,22)(H,20,21,23). The van der Waals surface area contributed by atoms with Gasteiger partial charge in [-0.15, -0.1) is 11.3 Å². The van der Waals surface area contributed by atoms with Crippen molar-refractivity contribution in [3.63, 3.8) is 0 Å². The van der Waals surface area contributed by atoms with Crippen LogP contribution in [0.4, 0.5) is 5.13 Å². The average Bonchev–Trinajstić information content (AvgIpc) is 3.02. The van der Waals surface area contributed by atoms with Gasteiger partial charge in [0.15, 0.2) is 5.13 Å². The predicted octanol–water partition coefficient (Wildman–Crippen LogP) is 2.61. The van der Waals surface area contributed by atoms with Crippen molar-refractivity contribution in [1.82, 2.24) is 9.97 Å². The topological polar surface area (TPSA) is 107 Å². The fraction of sp³-hybridized carbons (Fsp3) is 0.0588. The van der Waals surface area contributed by atoms with Crippen LogP contribution < -0.4 is 15.8 Å². The number of aromatic nitrogens is 2. The summed E-state index contributed by atoms with van der Waals surface area (Å²) in [4.78, 5) is 31.5. The number of carbonyl (C=O) groups excluding carboxylic acids is 2. The molecule has 0 aliphatic heterocycles. The van der Waals surface area contributed by atoms with E-state index >= 15 is 0 Å². The van der Waals surface area contributed by atoms with Gasteiger partial charge in [0, 0.05) is 23.2 Å². The van der Waals surface area contributed by atoms with E-state index in [0.29, 0.717) is 28.0 Å². The second-order valence-corrected chi connectivity index (χ2v) is 5.90. The van der Waals surface area contributed by atoms with Crippen molar-refractivity contribution in [3.8, 4) is 11.6 Å². The molecule has 0 aliphatic rings. The fourth-order valence-corrected chi connectivity index (χ4v) is 2.73. The van der Waals surface area contributed by atoms with Gasteiger partial charge in [-0.05, 0) is 24.3 Å². The second-order valence-electron chi connectivity index (χ2n) is 5.04. The van der Waals surface area contributed by atoms with Gasteiger partial charge in [0.1, 0.15) is 5.75 Å². The monoisotopic (exact) mass is 354 g/mol.